The predicted octanol–water partition coefficient (Wildman–Crippen LogP) is 4.30. The van der Waals surface area contributed by atoms with E-state index in [1.807, 2.05) is 50.2 Å². The number of carbonyl (C=O) groups excluding carboxylic acids is 1. The molecular weight excluding hydrogens is 392 g/mol. The molecule has 0 spiro atoms. The summed E-state index contributed by atoms with van der Waals surface area (Å²) in [5, 5.41) is 13.2. The Morgan fingerprint density at radius 2 is 1.79 bits per heavy atom. The Morgan fingerprint density at radius 3 is 2.39 bits per heavy atom. The second-order valence-corrected chi connectivity index (χ2v) is 8.34. The minimum absolute atomic E-state index is 0.244. The van der Waals surface area contributed by atoms with Crippen LogP contribution in [0.25, 0.3) is 0 Å². The highest BCUT2D eigenvalue weighted by atomic mass is 32.2. The molecule has 0 bridgehead atoms. The topological polar surface area (TPSA) is 76.5 Å². The molecule has 144 valence electrons. The summed E-state index contributed by atoms with van der Waals surface area (Å²) in [4.78, 5) is 12.3. The highest BCUT2D eigenvalue weighted by Crippen LogP contribution is 2.25. The Kier molecular flexibility index (Phi) is 6.78. The molecule has 28 heavy (non-hydrogen) atoms. The van der Waals surface area contributed by atoms with Crippen molar-refractivity contribution >= 4 is 34.7 Å². The lowest BCUT2D eigenvalue weighted by Gasteiger charge is -2.05. The van der Waals surface area contributed by atoms with Crippen LogP contribution in [0.2, 0.25) is 0 Å². The molecule has 0 radical (unpaired) electrons. The molecular formula is C20H20N4O2S2. The molecule has 1 heterocycles. The summed E-state index contributed by atoms with van der Waals surface area (Å²) >= 11 is 3.22. The zero-order valence-electron chi connectivity index (χ0n) is 15.8. The van der Waals surface area contributed by atoms with Crippen LogP contribution in [0.3, 0.4) is 0 Å². The Bertz CT molecular complexity index is 967. The van der Waals surface area contributed by atoms with Gasteiger partial charge in [0, 0.05) is 11.3 Å². The van der Waals surface area contributed by atoms with Crippen molar-refractivity contribution < 1.29 is 9.53 Å². The first-order chi connectivity index (χ1) is 13.5. The summed E-state index contributed by atoms with van der Waals surface area (Å²) in [6.45, 7) is 3.78. The van der Waals surface area contributed by atoms with Gasteiger partial charge in [0.25, 0.3) is 5.91 Å². The first-order valence-electron chi connectivity index (χ1n) is 8.56. The zero-order chi connectivity index (χ0) is 19.9. The van der Waals surface area contributed by atoms with Crippen molar-refractivity contribution in [1.29, 1.82) is 0 Å². The SMILES string of the molecule is COc1ccc(C(C)=NNC(=O)c2ccc(CSc3nnc(C)s3)cc2)cc1. The molecule has 0 unspecified atom stereocenters. The number of rotatable bonds is 7. The Morgan fingerprint density at radius 1 is 1.11 bits per heavy atom. The van der Waals surface area contributed by atoms with E-state index in [-0.39, 0.29) is 5.91 Å². The van der Waals surface area contributed by atoms with E-state index < -0.39 is 0 Å². The summed E-state index contributed by atoms with van der Waals surface area (Å²) in [6.07, 6.45) is 0. The highest BCUT2D eigenvalue weighted by Gasteiger charge is 2.07. The van der Waals surface area contributed by atoms with Gasteiger partial charge in [-0.1, -0.05) is 35.2 Å². The molecule has 0 atom stereocenters. The zero-order valence-corrected chi connectivity index (χ0v) is 17.4. The number of aryl methyl sites for hydroxylation is 1. The molecule has 2 aromatic carbocycles. The minimum atomic E-state index is -0.244. The van der Waals surface area contributed by atoms with Crippen molar-refractivity contribution in [1.82, 2.24) is 15.6 Å². The number of benzene rings is 2. The van der Waals surface area contributed by atoms with Gasteiger partial charge in [-0.05, 0) is 61.4 Å². The lowest BCUT2D eigenvalue weighted by Crippen LogP contribution is -2.19. The van der Waals surface area contributed by atoms with E-state index in [0.717, 1.165) is 37.7 Å². The first-order valence-corrected chi connectivity index (χ1v) is 10.4. The molecule has 0 saturated heterocycles. The standard InChI is InChI=1S/C20H20N4O2S2/c1-13(16-8-10-18(26-3)11-9-16)21-23-19(25)17-6-4-15(5-7-17)12-27-20-24-22-14(2)28-20/h4-11H,12H2,1-3H3,(H,23,25). The molecule has 8 heteroatoms. The summed E-state index contributed by atoms with van der Waals surface area (Å²) in [6, 6.07) is 15.0. The van der Waals surface area contributed by atoms with Crippen LogP contribution in [-0.2, 0) is 5.75 Å². The third-order valence-corrected chi connectivity index (χ3v) is 5.96. The number of thioether (sulfide) groups is 1. The molecule has 3 rings (SSSR count). The number of nitrogens with one attached hydrogen (secondary N) is 1. The molecule has 0 aliphatic rings. The molecule has 6 nitrogen and oxygen atoms in total. The first kappa shape index (κ1) is 20.0. The van der Waals surface area contributed by atoms with Gasteiger partial charge in [0.15, 0.2) is 4.34 Å². The molecule has 3 aromatic rings. The average Bonchev–Trinajstić information content (AvgIpc) is 3.16. The highest BCUT2D eigenvalue weighted by molar-refractivity contribution is 8.00. The van der Waals surface area contributed by atoms with Crippen molar-refractivity contribution in [2.75, 3.05) is 7.11 Å². The summed E-state index contributed by atoms with van der Waals surface area (Å²) in [5.74, 6) is 1.32. The van der Waals surface area contributed by atoms with Gasteiger partial charge >= 0.3 is 0 Å². The molecule has 1 N–H and O–H groups in total. The van der Waals surface area contributed by atoms with Gasteiger partial charge in [0.1, 0.15) is 10.8 Å². The van der Waals surface area contributed by atoms with Crippen LogP contribution in [0.1, 0.15) is 33.4 Å². The molecule has 0 fully saturated rings. The van der Waals surface area contributed by atoms with Gasteiger partial charge in [0.05, 0.1) is 12.8 Å². The van der Waals surface area contributed by atoms with Gasteiger partial charge in [-0.2, -0.15) is 5.10 Å². The van der Waals surface area contributed by atoms with E-state index in [2.05, 4.69) is 20.7 Å². The van der Waals surface area contributed by atoms with Crippen LogP contribution < -0.4 is 10.2 Å². The van der Waals surface area contributed by atoms with E-state index in [0.29, 0.717) is 5.56 Å². The number of nitrogens with zero attached hydrogens (tertiary/aromatic N) is 3. The maximum Gasteiger partial charge on any atom is 0.271 e. The van der Waals surface area contributed by atoms with Crippen molar-refractivity contribution in [3.8, 4) is 5.75 Å². The second kappa shape index (κ2) is 9.48. The monoisotopic (exact) mass is 412 g/mol. The fourth-order valence-electron chi connectivity index (χ4n) is 2.33. The van der Waals surface area contributed by atoms with Gasteiger partial charge in [-0.3, -0.25) is 4.79 Å². The van der Waals surface area contributed by atoms with E-state index in [9.17, 15) is 4.79 Å². The average molecular weight is 413 g/mol. The number of carbonyl (C=O) groups is 1. The number of ether oxygens (including phenoxy) is 1. The van der Waals surface area contributed by atoms with E-state index >= 15 is 0 Å². The quantitative estimate of drug-likeness (QED) is 0.356. The maximum atomic E-state index is 12.3. The van der Waals surface area contributed by atoms with Gasteiger partial charge in [-0.25, -0.2) is 5.43 Å². The number of aromatic nitrogens is 2. The van der Waals surface area contributed by atoms with Crippen molar-refractivity contribution in [3.63, 3.8) is 0 Å². The van der Waals surface area contributed by atoms with Crippen LogP contribution >= 0.6 is 23.1 Å². The van der Waals surface area contributed by atoms with Crippen molar-refractivity contribution in [2.24, 2.45) is 5.10 Å². The third-order valence-electron chi connectivity index (χ3n) is 3.92. The maximum absolute atomic E-state index is 12.3. The molecule has 0 aliphatic heterocycles. The van der Waals surface area contributed by atoms with Crippen LogP contribution in [0.15, 0.2) is 58.0 Å². The Hall–Kier alpha value is -2.71. The largest absolute Gasteiger partial charge is 0.497 e. The van der Waals surface area contributed by atoms with E-state index in [1.165, 1.54) is 0 Å². The number of hydrogen-bond acceptors (Lipinski definition) is 7. The lowest BCUT2D eigenvalue weighted by molar-refractivity contribution is 0.0955. The molecule has 1 amide bonds. The Balaban J connectivity index is 1.56. The normalized spacial score (nSPS) is 11.3. The number of hydrogen-bond donors (Lipinski definition) is 1. The molecule has 0 saturated carbocycles. The van der Waals surface area contributed by atoms with Crippen LogP contribution in [0, 0.1) is 6.92 Å². The fraction of sp³-hybridized carbons (Fsp3) is 0.200. The number of amides is 1. The van der Waals surface area contributed by atoms with Gasteiger partial charge < -0.3 is 4.74 Å². The Labute approximate surface area is 172 Å². The summed E-state index contributed by atoms with van der Waals surface area (Å²) in [5.41, 5.74) is 5.92. The van der Waals surface area contributed by atoms with Crippen molar-refractivity contribution in [3.05, 3.63) is 70.2 Å². The third kappa shape index (κ3) is 5.40. The summed E-state index contributed by atoms with van der Waals surface area (Å²) in [7, 11) is 1.62. The van der Waals surface area contributed by atoms with Gasteiger partial charge in [-0.15, -0.1) is 10.2 Å². The molecule has 0 aliphatic carbocycles. The fourth-order valence-corrected chi connectivity index (χ4v) is 4.10. The summed E-state index contributed by atoms with van der Waals surface area (Å²) < 4.78 is 6.09. The predicted molar refractivity (Wildman–Crippen MR) is 113 cm³/mol. The van der Waals surface area contributed by atoms with E-state index in [1.54, 1.807) is 42.3 Å². The van der Waals surface area contributed by atoms with Crippen molar-refractivity contribution in [2.45, 2.75) is 23.9 Å². The second-order valence-electron chi connectivity index (χ2n) is 5.94. The van der Waals surface area contributed by atoms with Crippen LogP contribution in [0.4, 0.5) is 0 Å². The number of hydrazone groups is 1. The minimum Gasteiger partial charge on any atom is -0.497 e. The molecule has 1 aromatic heterocycles. The lowest BCUT2D eigenvalue weighted by atomic mass is 10.1. The van der Waals surface area contributed by atoms with Crippen LogP contribution in [-0.4, -0.2) is 28.9 Å². The number of methoxy groups -OCH3 is 1. The smallest absolute Gasteiger partial charge is 0.271 e. The van der Waals surface area contributed by atoms with Gasteiger partial charge in [0.2, 0.25) is 0 Å². The van der Waals surface area contributed by atoms with Crippen LogP contribution in [0.5, 0.6) is 5.75 Å². The van der Waals surface area contributed by atoms with E-state index in [4.69, 9.17) is 4.74 Å².